The Labute approximate surface area is 94.6 Å². The van der Waals surface area contributed by atoms with E-state index in [1.165, 1.54) is 11.1 Å². The van der Waals surface area contributed by atoms with Gasteiger partial charge in [-0.25, -0.2) is 0 Å². The van der Waals surface area contributed by atoms with Gasteiger partial charge in [0.2, 0.25) is 0 Å². The van der Waals surface area contributed by atoms with Crippen LogP contribution >= 0.6 is 12.2 Å². The summed E-state index contributed by atoms with van der Waals surface area (Å²) < 4.78 is 2.85. The van der Waals surface area contributed by atoms with Gasteiger partial charge in [0.1, 0.15) is 0 Å². The molecule has 15 heavy (non-hydrogen) atoms. The van der Waals surface area contributed by atoms with Crippen LogP contribution in [0.4, 0.5) is 0 Å². The molecule has 2 nitrogen and oxygen atoms in total. The van der Waals surface area contributed by atoms with E-state index >= 15 is 0 Å². The van der Waals surface area contributed by atoms with Crippen LogP contribution in [0.1, 0.15) is 16.8 Å². The first kappa shape index (κ1) is 10.2. The van der Waals surface area contributed by atoms with Gasteiger partial charge in [0, 0.05) is 11.9 Å². The largest absolute Gasteiger partial charge is 0.335 e. The number of rotatable bonds is 2. The maximum atomic E-state index is 5.22. The molecule has 1 aromatic carbocycles. The second-order valence-electron chi connectivity index (χ2n) is 3.80. The van der Waals surface area contributed by atoms with Gasteiger partial charge in [0.25, 0.3) is 0 Å². The molecule has 3 heteroatoms. The van der Waals surface area contributed by atoms with E-state index in [0.717, 1.165) is 17.0 Å². The van der Waals surface area contributed by atoms with Crippen LogP contribution in [0.5, 0.6) is 0 Å². The fourth-order valence-electron chi connectivity index (χ4n) is 1.65. The monoisotopic (exact) mass is 218 g/mol. The Morgan fingerprint density at radius 2 is 2.00 bits per heavy atom. The highest BCUT2D eigenvalue weighted by Crippen LogP contribution is 2.10. The number of H-pyrrole nitrogens is 1. The van der Waals surface area contributed by atoms with Crippen molar-refractivity contribution in [2.24, 2.45) is 0 Å². The molecule has 0 bridgehead atoms. The van der Waals surface area contributed by atoms with Crippen molar-refractivity contribution < 1.29 is 0 Å². The fourth-order valence-corrected chi connectivity index (χ4v) is 1.93. The molecule has 0 saturated heterocycles. The minimum Gasteiger partial charge on any atom is -0.335 e. The molecule has 0 atom stereocenters. The number of aromatic nitrogens is 2. The van der Waals surface area contributed by atoms with Crippen LogP contribution in [0, 0.1) is 18.6 Å². The highest BCUT2D eigenvalue weighted by Gasteiger charge is 2.00. The summed E-state index contributed by atoms with van der Waals surface area (Å²) in [5.41, 5.74) is 3.72. The zero-order valence-electron chi connectivity index (χ0n) is 8.95. The Hall–Kier alpha value is -1.35. The summed E-state index contributed by atoms with van der Waals surface area (Å²) in [4.78, 5) is 3.12. The van der Waals surface area contributed by atoms with Crippen molar-refractivity contribution in [3.05, 3.63) is 52.1 Å². The van der Waals surface area contributed by atoms with Gasteiger partial charge in [-0.2, -0.15) is 0 Å². The fraction of sp³-hybridized carbons (Fsp3) is 0.250. The van der Waals surface area contributed by atoms with Crippen LogP contribution in [-0.2, 0) is 6.54 Å². The Bertz CT molecular complexity index is 522. The molecule has 2 aromatic rings. The lowest BCUT2D eigenvalue weighted by Crippen LogP contribution is -1.99. The second kappa shape index (κ2) is 4.03. The standard InChI is InChI=1S/C12H14N2S/c1-9-5-3-4-6-11(9)8-14-7-10(2)13-12(14)15/h3-7H,8H2,1-2H3,(H,13,15). The summed E-state index contributed by atoms with van der Waals surface area (Å²) in [6.07, 6.45) is 2.05. The van der Waals surface area contributed by atoms with Gasteiger partial charge in [0.05, 0.1) is 6.54 Å². The van der Waals surface area contributed by atoms with Gasteiger partial charge >= 0.3 is 0 Å². The zero-order chi connectivity index (χ0) is 10.8. The van der Waals surface area contributed by atoms with E-state index in [2.05, 4.69) is 46.9 Å². The maximum Gasteiger partial charge on any atom is 0.177 e. The number of hydrogen-bond donors (Lipinski definition) is 1. The summed E-state index contributed by atoms with van der Waals surface area (Å²) in [6, 6.07) is 8.38. The van der Waals surface area contributed by atoms with Gasteiger partial charge in [0.15, 0.2) is 4.77 Å². The number of nitrogens with one attached hydrogen (secondary N) is 1. The normalized spacial score (nSPS) is 10.5. The summed E-state index contributed by atoms with van der Waals surface area (Å²) in [7, 11) is 0. The molecular weight excluding hydrogens is 204 g/mol. The summed E-state index contributed by atoms with van der Waals surface area (Å²) in [5, 5.41) is 0. The minimum atomic E-state index is 0.788. The molecule has 1 N–H and O–H groups in total. The summed E-state index contributed by atoms with van der Waals surface area (Å²) in [5.74, 6) is 0. The Morgan fingerprint density at radius 3 is 2.60 bits per heavy atom. The molecule has 0 amide bonds. The molecule has 1 aromatic heterocycles. The Kier molecular flexibility index (Phi) is 2.73. The quantitative estimate of drug-likeness (QED) is 0.768. The maximum absolute atomic E-state index is 5.22. The third-order valence-corrected chi connectivity index (χ3v) is 2.85. The topological polar surface area (TPSA) is 20.7 Å². The van der Waals surface area contributed by atoms with Gasteiger partial charge in [-0.05, 0) is 37.2 Å². The molecule has 0 saturated carbocycles. The first-order valence-corrected chi connectivity index (χ1v) is 5.38. The Morgan fingerprint density at radius 1 is 1.27 bits per heavy atom. The van der Waals surface area contributed by atoms with E-state index in [0.29, 0.717) is 0 Å². The number of benzene rings is 1. The van der Waals surface area contributed by atoms with Gasteiger partial charge < -0.3 is 9.55 Å². The molecule has 0 radical (unpaired) electrons. The van der Waals surface area contributed by atoms with Crippen LogP contribution in [-0.4, -0.2) is 9.55 Å². The van der Waals surface area contributed by atoms with Gasteiger partial charge in [-0.1, -0.05) is 24.3 Å². The average molecular weight is 218 g/mol. The summed E-state index contributed by atoms with van der Waals surface area (Å²) in [6.45, 7) is 4.98. The third-order valence-electron chi connectivity index (χ3n) is 2.52. The van der Waals surface area contributed by atoms with E-state index < -0.39 is 0 Å². The zero-order valence-corrected chi connectivity index (χ0v) is 9.77. The van der Waals surface area contributed by atoms with Crippen molar-refractivity contribution in [1.29, 1.82) is 0 Å². The van der Waals surface area contributed by atoms with Crippen LogP contribution < -0.4 is 0 Å². The van der Waals surface area contributed by atoms with Crippen LogP contribution in [0.3, 0.4) is 0 Å². The molecule has 0 aliphatic rings. The highest BCUT2D eigenvalue weighted by molar-refractivity contribution is 7.71. The number of aryl methyl sites for hydroxylation is 2. The predicted octanol–water partition coefficient (Wildman–Crippen LogP) is 3.21. The molecule has 0 spiro atoms. The van der Waals surface area contributed by atoms with Gasteiger partial charge in [-0.3, -0.25) is 0 Å². The SMILES string of the molecule is Cc1cn(Cc2ccccc2C)c(=S)[nH]1. The Balaban J connectivity index is 2.34. The highest BCUT2D eigenvalue weighted by atomic mass is 32.1. The van der Waals surface area contributed by atoms with Crippen molar-refractivity contribution in [3.63, 3.8) is 0 Å². The molecule has 0 aliphatic heterocycles. The smallest absolute Gasteiger partial charge is 0.177 e. The van der Waals surface area contributed by atoms with Crippen molar-refractivity contribution in [1.82, 2.24) is 9.55 Å². The molecule has 0 aliphatic carbocycles. The van der Waals surface area contributed by atoms with E-state index in [9.17, 15) is 0 Å². The molecule has 1 heterocycles. The lowest BCUT2D eigenvalue weighted by Gasteiger charge is -2.05. The number of imidazole rings is 1. The second-order valence-corrected chi connectivity index (χ2v) is 4.18. The van der Waals surface area contributed by atoms with Crippen LogP contribution in [0.25, 0.3) is 0 Å². The lowest BCUT2D eigenvalue weighted by molar-refractivity contribution is 0.779. The lowest BCUT2D eigenvalue weighted by atomic mass is 10.1. The minimum absolute atomic E-state index is 0.788. The van der Waals surface area contributed by atoms with Crippen molar-refractivity contribution in [3.8, 4) is 0 Å². The van der Waals surface area contributed by atoms with E-state index in [-0.39, 0.29) is 0 Å². The van der Waals surface area contributed by atoms with Crippen LogP contribution in [0.15, 0.2) is 30.5 Å². The molecule has 2 rings (SSSR count). The average Bonchev–Trinajstić information content (AvgIpc) is 2.49. The number of aromatic amines is 1. The first-order chi connectivity index (χ1) is 7.16. The predicted molar refractivity (Wildman–Crippen MR) is 64.6 cm³/mol. The van der Waals surface area contributed by atoms with E-state index in [4.69, 9.17) is 12.2 Å². The van der Waals surface area contributed by atoms with Crippen LogP contribution in [0.2, 0.25) is 0 Å². The summed E-state index contributed by atoms with van der Waals surface area (Å²) >= 11 is 5.22. The first-order valence-electron chi connectivity index (χ1n) is 4.97. The van der Waals surface area contributed by atoms with Gasteiger partial charge in [-0.15, -0.1) is 0 Å². The third kappa shape index (κ3) is 2.18. The molecule has 0 unspecified atom stereocenters. The molecule has 0 fully saturated rings. The van der Waals surface area contributed by atoms with E-state index in [1.807, 2.05) is 6.92 Å². The molecular formula is C12H14N2S. The number of hydrogen-bond acceptors (Lipinski definition) is 1. The van der Waals surface area contributed by atoms with Crippen molar-refractivity contribution >= 4 is 12.2 Å². The number of nitrogens with zero attached hydrogens (tertiary/aromatic N) is 1. The molecule has 78 valence electrons. The van der Waals surface area contributed by atoms with Crippen molar-refractivity contribution in [2.75, 3.05) is 0 Å². The van der Waals surface area contributed by atoms with E-state index in [1.54, 1.807) is 0 Å². The van der Waals surface area contributed by atoms with Crippen molar-refractivity contribution in [2.45, 2.75) is 20.4 Å².